The van der Waals surface area contributed by atoms with Crippen LogP contribution in [0.1, 0.15) is 18.7 Å². The molecule has 5 nitrogen and oxygen atoms in total. The Balaban J connectivity index is 1.94. The second-order valence-corrected chi connectivity index (χ2v) is 4.30. The Morgan fingerprint density at radius 3 is 2.88 bits per heavy atom. The molecule has 2 aromatic rings. The molecule has 0 unspecified atom stereocenters. The van der Waals surface area contributed by atoms with Crippen molar-refractivity contribution in [2.45, 2.75) is 18.3 Å². The molecule has 0 amide bonds. The first kappa shape index (κ1) is 10.1. The molecule has 0 bridgehead atoms. The number of hydrogen-bond acceptors (Lipinski definition) is 3. The van der Waals surface area contributed by atoms with Gasteiger partial charge in [0.15, 0.2) is 0 Å². The van der Waals surface area contributed by atoms with Crippen molar-refractivity contribution in [1.29, 1.82) is 0 Å². The summed E-state index contributed by atoms with van der Waals surface area (Å²) in [6.07, 6.45) is 5.20. The Morgan fingerprint density at radius 2 is 2.29 bits per heavy atom. The number of H-pyrrole nitrogens is 2. The van der Waals surface area contributed by atoms with E-state index >= 15 is 0 Å². The Labute approximate surface area is 98.2 Å². The van der Waals surface area contributed by atoms with Crippen molar-refractivity contribution in [1.82, 2.24) is 15.0 Å². The van der Waals surface area contributed by atoms with Gasteiger partial charge in [-0.3, -0.25) is 4.79 Å². The minimum Gasteiger partial charge on any atom is -0.468 e. The Kier molecular flexibility index (Phi) is 2.07. The molecule has 2 aromatic heterocycles. The van der Waals surface area contributed by atoms with E-state index in [1.54, 1.807) is 6.20 Å². The van der Waals surface area contributed by atoms with Crippen molar-refractivity contribution in [3.8, 4) is 11.4 Å². The van der Waals surface area contributed by atoms with Gasteiger partial charge in [0.25, 0.3) is 0 Å². The van der Waals surface area contributed by atoms with E-state index in [-0.39, 0.29) is 5.97 Å². The van der Waals surface area contributed by atoms with Gasteiger partial charge in [-0.05, 0) is 25.0 Å². The van der Waals surface area contributed by atoms with E-state index in [4.69, 9.17) is 4.74 Å². The number of hydrogen-bond donors (Lipinski definition) is 2. The maximum absolute atomic E-state index is 11.7. The summed E-state index contributed by atoms with van der Waals surface area (Å²) < 4.78 is 4.83. The van der Waals surface area contributed by atoms with Gasteiger partial charge in [-0.25, -0.2) is 4.98 Å². The minimum atomic E-state index is -0.528. The fourth-order valence-electron chi connectivity index (χ4n) is 2.06. The maximum atomic E-state index is 11.7. The van der Waals surface area contributed by atoms with Gasteiger partial charge in [-0.1, -0.05) is 0 Å². The van der Waals surface area contributed by atoms with Gasteiger partial charge in [-0.2, -0.15) is 0 Å². The molecular weight excluding hydrogens is 218 g/mol. The summed E-state index contributed by atoms with van der Waals surface area (Å²) in [5, 5.41) is 0. The fraction of sp³-hybridized carbons (Fsp3) is 0.333. The standard InChI is InChI=1S/C12H13N3O2/c1-17-11(16)12(4-5-12)10-14-7-9(15-10)8-3-2-6-13-8/h2-3,6-7,13H,4-5H2,1H3,(H,14,15). The summed E-state index contributed by atoms with van der Waals surface area (Å²) >= 11 is 0. The van der Waals surface area contributed by atoms with Crippen LogP contribution < -0.4 is 0 Å². The zero-order chi connectivity index (χ0) is 11.9. The number of rotatable bonds is 3. The number of nitrogens with zero attached hydrogens (tertiary/aromatic N) is 1. The van der Waals surface area contributed by atoms with Crippen molar-refractivity contribution in [3.63, 3.8) is 0 Å². The molecule has 17 heavy (non-hydrogen) atoms. The molecule has 3 rings (SSSR count). The van der Waals surface area contributed by atoms with Gasteiger partial charge >= 0.3 is 5.97 Å². The predicted molar refractivity (Wildman–Crippen MR) is 61.3 cm³/mol. The first-order chi connectivity index (χ1) is 8.26. The number of esters is 1. The number of carbonyl (C=O) groups excluding carboxylic acids is 1. The van der Waals surface area contributed by atoms with Crippen LogP contribution >= 0.6 is 0 Å². The maximum Gasteiger partial charge on any atom is 0.319 e. The van der Waals surface area contributed by atoms with Crippen LogP contribution in [-0.4, -0.2) is 28.0 Å². The molecule has 88 valence electrons. The number of aromatic amines is 2. The number of carbonyl (C=O) groups is 1. The Hall–Kier alpha value is -2.04. The molecule has 1 saturated carbocycles. The lowest BCUT2D eigenvalue weighted by molar-refractivity contribution is -0.143. The third kappa shape index (κ3) is 1.46. The SMILES string of the molecule is COC(=O)C1(c2ncc(-c3ccc[nH]3)[nH]2)CC1. The molecule has 0 spiro atoms. The van der Waals surface area contributed by atoms with Gasteiger partial charge < -0.3 is 14.7 Å². The van der Waals surface area contributed by atoms with E-state index in [9.17, 15) is 4.79 Å². The van der Waals surface area contributed by atoms with E-state index in [0.29, 0.717) is 5.82 Å². The van der Waals surface area contributed by atoms with E-state index in [2.05, 4.69) is 15.0 Å². The summed E-state index contributed by atoms with van der Waals surface area (Å²) in [4.78, 5) is 22.3. The summed E-state index contributed by atoms with van der Waals surface area (Å²) in [5.74, 6) is 0.499. The van der Waals surface area contributed by atoms with Gasteiger partial charge in [0.2, 0.25) is 0 Å². The van der Waals surface area contributed by atoms with Crippen LogP contribution in [0, 0.1) is 0 Å². The summed E-state index contributed by atoms with van der Waals surface area (Å²) in [6, 6.07) is 3.87. The highest BCUT2D eigenvalue weighted by atomic mass is 16.5. The molecule has 1 aliphatic rings. The molecule has 1 aliphatic carbocycles. The van der Waals surface area contributed by atoms with Gasteiger partial charge in [0, 0.05) is 6.20 Å². The summed E-state index contributed by atoms with van der Waals surface area (Å²) in [5.41, 5.74) is 1.32. The van der Waals surface area contributed by atoms with Crippen LogP contribution in [-0.2, 0) is 14.9 Å². The zero-order valence-electron chi connectivity index (χ0n) is 9.49. The molecule has 0 aliphatic heterocycles. The number of methoxy groups -OCH3 is 1. The first-order valence-corrected chi connectivity index (χ1v) is 5.54. The monoisotopic (exact) mass is 231 g/mol. The van der Waals surface area contributed by atoms with Crippen molar-refractivity contribution < 1.29 is 9.53 Å². The molecule has 0 aromatic carbocycles. The molecule has 2 heterocycles. The third-order valence-electron chi connectivity index (χ3n) is 3.24. The van der Waals surface area contributed by atoms with Crippen molar-refractivity contribution in [2.24, 2.45) is 0 Å². The minimum absolute atomic E-state index is 0.204. The molecule has 0 radical (unpaired) electrons. The average molecular weight is 231 g/mol. The fourth-order valence-corrected chi connectivity index (χ4v) is 2.06. The molecule has 5 heteroatoms. The highest BCUT2D eigenvalue weighted by Crippen LogP contribution is 2.48. The number of imidazole rings is 1. The smallest absolute Gasteiger partial charge is 0.319 e. The largest absolute Gasteiger partial charge is 0.468 e. The Morgan fingerprint density at radius 1 is 1.47 bits per heavy atom. The first-order valence-electron chi connectivity index (χ1n) is 5.54. The highest BCUT2D eigenvalue weighted by molar-refractivity contribution is 5.85. The van der Waals surface area contributed by atoms with Crippen LogP contribution in [0.25, 0.3) is 11.4 Å². The third-order valence-corrected chi connectivity index (χ3v) is 3.24. The van der Waals surface area contributed by atoms with Gasteiger partial charge in [0.05, 0.1) is 24.7 Å². The van der Waals surface area contributed by atoms with Crippen LogP contribution in [0.15, 0.2) is 24.5 Å². The number of ether oxygens (including phenoxy) is 1. The second kappa shape index (κ2) is 3.48. The van der Waals surface area contributed by atoms with E-state index in [0.717, 1.165) is 24.2 Å². The molecule has 2 N–H and O–H groups in total. The van der Waals surface area contributed by atoms with Crippen molar-refractivity contribution in [3.05, 3.63) is 30.4 Å². The molecule has 0 atom stereocenters. The molecule has 1 fully saturated rings. The van der Waals surface area contributed by atoms with Crippen LogP contribution in [0.3, 0.4) is 0 Å². The van der Waals surface area contributed by atoms with Crippen LogP contribution in [0.4, 0.5) is 0 Å². The lowest BCUT2D eigenvalue weighted by Gasteiger charge is -2.08. The normalized spacial score (nSPS) is 16.8. The average Bonchev–Trinajstić information content (AvgIpc) is 2.84. The van der Waals surface area contributed by atoms with E-state index < -0.39 is 5.41 Å². The topological polar surface area (TPSA) is 70.8 Å². The van der Waals surface area contributed by atoms with E-state index in [1.807, 2.05) is 18.3 Å². The van der Waals surface area contributed by atoms with Crippen LogP contribution in [0.2, 0.25) is 0 Å². The van der Waals surface area contributed by atoms with Crippen molar-refractivity contribution in [2.75, 3.05) is 7.11 Å². The molecular formula is C12H13N3O2. The van der Waals surface area contributed by atoms with Gasteiger partial charge in [0.1, 0.15) is 11.2 Å². The number of nitrogens with one attached hydrogen (secondary N) is 2. The van der Waals surface area contributed by atoms with E-state index in [1.165, 1.54) is 7.11 Å². The van der Waals surface area contributed by atoms with Crippen molar-refractivity contribution >= 4 is 5.97 Å². The van der Waals surface area contributed by atoms with Gasteiger partial charge in [-0.15, -0.1) is 0 Å². The zero-order valence-corrected chi connectivity index (χ0v) is 9.49. The Bertz CT molecular complexity index is 538. The quantitative estimate of drug-likeness (QED) is 0.788. The number of aromatic nitrogens is 3. The summed E-state index contributed by atoms with van der Waals surface area (Å²) in [6.45, 7) is 0. The predicted octanol–water partition coefficient (Wildman–Crippen LogP) is 1.61. The lowest BCUT2D eigenvalue weighted by Crippen LogP contribution is -2.23. The lowest BCUT2D eigenvalue weighted by atomic mass is 10.1. The molecule has 0 saturated heterocycles. The van der Waals surface area contributed by atoms with Crippen LogP contribution in [0.5, 0.6) is 0 Å². The summed E-state index contributed by atoms with van der Waals surface area (Å²) in [7, 11) is 1.41. The highest BCUT2D eigenvalue weighted by Gasteiger charge is 2.55. The second-order valence-electron chi connectivity index (χ2n) is 4.30.